The molecule has 0 aliphatic carbocycles. The Balaban J connectivity index is -0.000000245. The number of rotatable bonds is 0. The fourth-order valence-electron chi connectivity index (χ4n) is 0. The van der Waals surface area contributed by atoms with Gasteiger partial charge in [-0.25, -0.2) is 0 Å². The van der Waals surface area contributed by atoms with Crippen molar-refractivity contribution in [3.8, 4) is 0 Å². The van der Waals surface area contributed by atoms with Crippen LogP contribution in [-0.4, -0.2) is 74.1 Å². The van der Waals surface area contributed by atoms with E-state index in [1.807, 2.05) is 0 Å². The summed E-state index contributed by atoms with van der Waals surface area (Å²) in [6.07, 6.45) is 0. The van der Waals surface area contributed by atoms with Crippen molar-refractivity contribution in [3.63, 3.8) is 0 Å². The summed E-state index contributed by atoms with van der Waals surface area (Å²) in [5.41, 5.74) is 0. The number of hydrogen-bond donors (Lipinski definition) is 2. The molecular formula is C4H11Na2O3P. The molecule has 2 N–H and O–H groups in total. The molecule has 0 rings (SSSR count). The Labute approximate surface area is 106 Å². The van der Waals surface area contributed by atoms with Gasteiger partial charge in [-0.3, -0.25) is 4.57 Å². The molecule has 0 saturated heterocycles. The van der Waals surface area contributed by atoms with E-state index in [1.54, 1.807) is 0 Å². The van der Waals surface area contributed by atoms with Gasteiger partial charge in [-0.1, -0.05) is 0 Å². The van der Waals surface area contributed by atoms with Gasteiger partial charge in [0, 0.05) is 59.1 Å². The number of hydrogen-bond acceptors (Lipinski definition) is 1. The van der Waals surface area contributed by atoms with E-state index in [1.165, 1.54) is 20.8 Å². The maximum absolute atomic E-state index is 10.3. The average molecular weight is 184 g/mol. The third-order valence-corrected chi connectivity index (χ3v) is 2.62. The van der Waals surface area contributed by atoms with Gasteiger partial charge >= 0.3 is 7.60 Å². The second-order valence-electron chi connectivity index (χ2n) is 2.71. The maximum Gasteiger partial charge on any atom is 0.330 e. The molecule has 0 saturated carbocycles. The molecule has 0 unspecified atom stereocenters. The molecule has 0 spiro atoms. The second-order valence-corrected chi connectivity index (χ2v) is 5.14. The van der Waals surface area contributed by atoms with E-state index >= 15 is 0 Å². The molecule has 6 heteroatoms. The first-order valence-electron chi connectivity index (χ1n) is 2.31. The molecule has 52 valence electrons. The van der Waals surface area contributed by atoms with Crippen LogP contribution in [0.25, 0.3) is 0 Å². The summed E-state index contributed by atoms with van der Waals surface area (Å²) in [4.78, 5) is 16.9. The van der Waals surface area contributed by atoms with Crippen molar-refractivity contribution >= 4 is 66.7 Å². The van der Waals surface area contributed by atoms with Crippen LogP contribution in [0.1, 0.15) is 20.8 Å². The van der Waals surface area contributed by atoms with E-state index in [-0.39, 0.29) is 59.1 Å². The Bertz CT molecular complexity index is 125. The smallest absolute Gasteiger partial charge is 0.324 e. The largest absolute Gasteiger partial charge is 0.330 e. The van der Waals surface area contributed by atoms with Gasteiger partial charge < -0.3 is 9.79 Å². The molecule has 0 bridgehead atoms. The Morgan fingerprint density at radius 1 is 1.10 bits per heavy atom. The zero-order chi connectivity index (χ0) is 7.00. The van der Waals surface area contributed by atoms with Crippen LogP contribution < -0.4 is 0 Å². The molecule has 0 fully saturated rings. The Kier molecular flexibility index (Phi) is 10.4. The van der Waals surface area contributed by atoms with Gasteiger partial charge in [0.1, 0.15) is 0 Å². The van der Waals surface area contributed by atoms with Crippen LogP contribution in [0.2, 0.25) is 0 Å². The first-order chi connectivity index (χ1) is 3.25. The molecule has 0 aromatic carbocycles. The Morgan fingerprint density at radius 2 is 1.20 bits per heavy atom. The van der Waals surface area contributed by atoms with Crippen molar-refractivity contribution in [2.75, 3.05) is 0 Å². The van der Waals surface area contributed by atoms with Crippen LogP contribution in [0.15, 0.2) is 0 Å². The standard InChI is InChI=1S/C4H11O3P.2Na/c1-4(2,3)8(5,6)7;;/h1-3H3,(H2,5,6,7);;. The summed E-state index contributed by atoms with van der Waals surface area (Å²) in [6, 6.07) is 0. The fraction of sp³-hybridized carbons (Fsp3) is 1.00. The monoisotopic (exact) mass is 184 g/mol. The third kappa shape index (κ3) is 6.84. The summed E-state index contributed by atoms with van der Waals surface area (Å²) in [7, 11) is -3.85. The van der Waals surface area contributed by atoms with E-state index in [2.05, 4.69) is 0 Å². The first-order valence-corrected chi connectivity index (χ1v) is 3.92. The quantitative estimate of drug-likeness (QED) is 0.417. The summed E-state index contributed by atoms with van der Waals surface area (Å²) in [5, 5.41) is -0.896. The summed E-state index contributed by atoms with van der Waals surface area (Å²) < 4.78 is 10.3. The van der Waals surface area contributed by atoms with Crippen molar-refractivity contribution in [1.82, 2.24) is 0 Å². The van der Waals surface area contributed by atoms with Crippen LogP contribution >= 0.6 is 7.60 Å². The minimum Gasteiger partial charge on any atom is -0.324 e. The molecule has 0 atom stereocenters. The van der Waals surface area contributed by atoms with Crippen LogP contribution in [0.4, 0.5) is 0 Å². The zero-order valence-corrected chi connectivity index (χ0v) is 12.1. The molecule has 0 aromatic heterocycles. The van der Waals surface area contributed by atoms with Gasteiger partial charge in [-0.05, 0) is 20.8 Å². The molecule has 10 heavy (non-hydrogen) atoms. The van der Waals surface area contributed by atoms with Crippen molar-refractivity contribution in [3.05, 3.63) is 0 Å². The van der Waals surface area contributed by atoms with Gasteiger partial charge in [0.25, 0.3) is 0 Å². The van der Waals surface area contributed by atoms with Crippen LogP contribution in [0.3, 0.4) is 0 Å². The van der Waals surface area contributed by atoms with Crippen LogP contribution in [-0.2, 0) is 4.57 Å². The van der Waals surface area contributed by atoms with E-state index in [9.17, 15) is 4.57 Å². The third-order valence-electron chi connectivity index (χ3n) is 0.874. The molecule has 0 aliphatic heterocycles. The molecule has 2 radical (unpaired) electrons. The molecule has 3 nitrogen and oxygen atoms in total. The van der Waals surface area contributed by atoms with Gasteiger partial charge in [0.05, 0.1) is 5.16 Å². The Hall–Kier alpha value is 2.15. The van der Waals surface area contributed by atoms with E-state index < -0.39 is 12.8 Å². The molecular weight excluding hydrogens is 173 g/mol. The normalized spacial score (nSPS) is 11.3. The maximum atomic E-state index is 10.3. The van der Waals surface area contributed by atoms with Gasteiger partial charge in [-0.2, -0.15) is 0 Å². The van der Waals surface area contributed by atoms with Crippen molar-refractivity contribution in [1.29, 1.82) is 0 Å². The summed E-state index contributed by atoms with van der Waals surface area (Å²) in [5.74, 6) is 0. The predicted molar refractivity (Wildman–Crippen MR) is 43.3 cm³/mol. The molecule has 0 aliphatic rings. The van der Waals surface area contributed by atoms with Crippen LogP contribution in [0.5, 0.6) is 0 Å². The van der Waals surface area contributed by atoms with Gasteiger partial charge in [0.15, 0.2) is 0 Å². The predicted octanol–water partition coefficient (Wildman–Crippen LogP) is 0.201. The van der Waals surface area contributed by atoms with Crippen molar-refractivity contribution < 1.29 is 14.4 Å². The SMILES string of the molecule is CC(C)(C)P(=O)(O)O.[Na].[Na]. The van der Waals surface area contributed by atoms with E-state index in [4.69, 9.17) is 9.79 Å². The van der Waals surface area contributed by atoms with Gasteiger partial charge in [-0.15, -0.1) is 0 Å². The van der Waals surface area contributed by atoms with Gasteiger partial charge in [0.2, 0.25) is 0 Å². The fourth-order valence-corrected chi connectivity index (χ4v) is 0. The molecule has 0 amide bonds. The Morgan fingerprint density at radius 3 is 1.20 bits per heavy atom. The van der Waals surface area contributed by atoms with E-state index in [0.29, 0.717) is 0 Å². The molecule has 0 heterocycles. The molecule has 0 aromatic rings. The minimum atomic E-state index is -3.85. The van der Waals surface area contributed by atoms with Crippen LogP contribution in [0, 0.1) is 0 Å². The average Bonchev–Trinajstić information content (AvgIpc) is 1.25. The summed E-state index contributed by atoms with van der Waals surface area (Å²) in [6.45, 7) is 4.52. The zero-order valence-electron chi connectivity index (χ0n) is 7.25. The van der Waals surface area contributed by atoms with E-state index in [0.717, 1.165) is 0 Å². The topological polar surface area (TPSA) is 57.5 Å². The minimum absolute atomic E-state index is 0. The van der Waals surface area contributed by atoms with Crippen molar-refractivity contribution in [2.45, 2.75) is 25.9 Å². The summed E-state index contributed by atoms with van der Waals surface area (Å²) >= 11 is 0. The second kappa shape index (κ2) is 5.74. The first kappa shape index (κ1) is 18.0. The van der Waals surface area contributed by atoms with Crippen molar-refractivity contribution in [2.24, 2.45) is 0 Å².